The first kappa shape index (κ1) is 15.8. The first-order valence-electron chi connectivity index (χ1n) is 7.09. The third kappa shape index (κ3) is 3.65. The summed E-state index contributed by atoms with van der Waals surface area (Å²) >= 11 is 4.51. The van der Waals surface area contributed by atoms with Crippen LogP contribution in [0.3, 0.4) is 0 Å². The Morgan fingerprint density at radius 2 is 1.83 bits per heavy atom. The van der Waals surface area contributed by atoms with Crippen molar-refractivity contribution in [2.75, 3.05) is 0 Å². The van der Waals surface area contributed by atoms with E-state index in [1.54, 1.807) is 0 Å². The van der Waals surface area contributed by atoms with Crippen LogP contribution >= 0.6 is 27.5 Å². The van der Waals surface area contributed by atoms with Gasteiger partial charge in [-0.25, -0.2) is 0 Å². The zero-order chi connectivity index (χ0) is 16.2. The summed E-state index contributed by atoms with van der Waals surface area (Å²) in [5, 5.41) is 7.11. The highest BCUT2D eigenvalue weighted by atomic mass is 79.9. The van der Waals surface area contributed by atoms with Crippen LogP contribution in [-0.2, 0) is 0 Å². The standard InChI is InChI=1S/C17H14BrN3OS/c1-11(12-5-3-2-4-6-12)19-17(22)16-15(20-21-23-16)13-7-9-14(18)10-8-13/h2-11H,1H3,(H,19,22). The van der Waals surface area contributed by atoms with Gasteiger partial charge in [-0.3, -0.25) is 4.79 Å². The normalized spacial score (nSPS) is 11.9. The highest BCUT2D eigenvalue weighted by Gasteiger charge is 2.19. The van der Waals surface area contributed by atoms with Crippen LogP contribution < -0.4 is 5.32 Å². The minimum atomic E-state index is -0.158. The highest BCUT2D eigenvalue weighted by molar-refractivity contribution is 9.10. The molecule has 0 radical (unpaired) electrons. The van der Waals surface area contributed by atoms with Gasteiger partial charge in [0, 0.05) is 10.0 Å². The molecule has 0 fully saturated rings. The third-order valence-electron chi connectivity index (χ3n) is 3.46. The monoisotopic (exact) mass is 387 g/mol. The maximum atomic E-state index is 12.6. The van der Waals surface area contributed by atoms with Crippen LogP contribution in [0.15, 0.2) is 59.1 Å². The molecule has 116 valence electrons. The lowest BCUT2D eigenvalue weighted by molar-refractivity contribution is 0.0944. The van der Waals surface area contributed by atoms with E-state index in [1.807, 2.05) is 61.5 Å². The van der Waals surface area contributed by atoms with E-state index >= 15 is 0 Å². The Morgan fingerprint density at radius 3 is 2.52 bits per heavy atom. The predicted octanol–water partition coefficient (Wildman–Crippen LogP) is 4.46. The van der Waals surface area contributed by atoms with Gasteiger partial charge in [-0.05, 0) is 36.2 Å². The number of aromatic nitrogens is 2. The van der Waals surface area contributed by atoms with E-state index in [9.17, 15) is 4.79 Å². The lowest BCUT2D eigenvalue weighted by atomic mass is 10.1. The molecule has 1 N–H and O–H groups in total. The van der Waals surface area contributed by atoms with E-state index in [0.29, 0.717) is 10.6 Å². The fourth-order valence-electron chi connectivity index (χ4n) is 2.22. The van der Waals surface area contributed by atoms with Crippen LogP contribution in [0.5, 0.6) is 0 Å². The van der Waals surface area contributed by atoms with Gasteiger partial charge in [0.1, 0.15) is 10.6 Å². The first-order valence-corrected chi connectivity index (χ1v) is 8.66. The summed E-state index contributed by atoms with van der Waals surface area (Å²) in [6.07, 6.45) is 0. The number of nitrogens with zero attached hydrogens (tertiary/aromatic N) is 2. The maximum Gasteiger partial charge on any atom is 0.265 e. The average molecular weight is 388 g/mol. The van der Waals surface area contributed by atoms with Gasteiger partial charge in [-0.15, -0.1) is 5.10 Å². The zero-order valence-corrected chi connectivity index (χ0v) is 14.8. The van der Waals surface area contributed by atoms with Gasteiger partial charge in [-0.1, -0.05) is 62.9 Å². The summed E-state index contributed by atoms with van der Waals surface area (Å²) in [7, 11) is 0. The van der Waals surface area contributed by atoms with Gasteiger partial charge >= 0.3 is 0 Å². The van der Waals surface area contributed by atoms with Crippen LogP contribution in [0, 0.1) is 0 Å². The van der Waals surface area contributed by atoms with E-state index in [2.05, 4.69) is 30.8 Å². The molecule has 0 aliphatic rings. The minimum absolute atomic E-state index is 0.0800. The van der Waals surface area contributed by atoms with E-state index in [0.717, 1.165) is 27.1 Å². The molecule has 2 aromatic carbocycles. The van der Waals surface area contributed by atoms with Crippen molar-refractivity contribution in [3.05, 3.63) is 69.5 Å². The van der Waals surface area contributed by atoms with Crippen molar-refractivity contribution in [1.29, 1.82) is 0 Å². The molecule has 0 bridgehead atoms. The Balaban J connectivity index is 1.81. The summed E-state index contributed by atoms with van der Waals surface area (Å²) in [5.74, 6) is -0.158. The van der Waals surface area contributed by atoms with Crippen molar-refractivity contribution in [3.8, 4) is 11.3 Å². The van der Waals surface area contributed by atoms with E-state index < -0.39 is 0 Å². The lowest BCUT2D eigenvalue weighted by Gasteiger charge is -2.13. The number of hydrogen-bond donors (Lipinski definition) is 1. The SMILES string of the molecule is CC(NC(=O)c1snnc1-c1ccc(Br)cc1)c1ccccc1. The molecule has 1 heterocycles. The molecule has 1 unspecified atom stereocenters. The van der Waals surface area contributed by atoms with E-state index in [-0.39, 0.29) is 11.9 Å². The second-order valence-corrected chi connectivity index (χ2v) is 6.73. The number of nitrogens with one attached hydrogen (secondary N) is 1. The van der Waals surface area contributed by atoms with Gasteiger partial charge in [0.15, 0.2) is 0 Å². The molecule has 6 heteroatoms. The molecule has 4 nitrogen and oxygen atoms in total. The number of benzene rings is 2. The largest absolute Gasteiger partial charge is 0.345 e. The van der Waals surface area contributed by atoms with Crippen molar-refractivity contribution in [3.63, 3.8) is 0 Å². The molecule has 0 saturated heterocycles. The number of carbonyl (C=O) groups is 1. The molecule has 0 spiro atoms. The van der Waals surface area contributed by atoms with Crippen molar-refractivity contribution >= 4 is 33.4 Å². The van der Waals surface area contributed by atoms with Crippen molar-refractivity contribution < 1.29 is 4.79 Å². The summed E-state index contributed by atoms with van der Waals surface area (Å²) < 4.78 is 4.92. The smallest absolute Gasteiger partial charge is 0.265 e. The molecule has 3 aromatic rings. The number of rotatable bonds is 4. The van der Waals surface area contributed by atoms with Crippen LogP contribution in [0.4, 0.5) is 0 Å². The molecule has 3 rings (SSSR count). The second kappa shape index (κ2) is 7.02. The van der Waals surface area contributed by atoms with Gasteiger partial charge in [0.2, 0.25) is 0 Å². The van der Waals surface area contributed by atoms with Crippen LogP contribution in [0.1, 0.15) is 28.2 Å². The Hall–Kier alpha value is -2.05. The Bertz CT molecular complexity index is 802. The van der Waals surface area contributed by atoms with E-state index in [1.165, 1.54) is 0 Å². The van der Waals surface area contributed by atoms with Gasteiger partial charge in [0.05, 0.1) is 6.04 Å². The third-order valence-corrected chi connectivity index (χ3v) is 4.71. The number of amides is 1. The van der Waals surface area contributed by atoms with Gasteiger partial charge < -0.3 is 5.32 Å². The van der Waals surface area contributed by atoms with Crippen molar-refractivity contribution in [2.45, 2.75) is 13.0 Å². The molecule has 1 amide bonds. The predicted molar refractivity (Wildman–Crippen MR) is 95.4 cm³/mol. The molecule has 23 heavy (non-hydrogen) atoms. The Kier molecular flexibility index (Phi) is 4.83. The summed E-state index contributed by atoms with van der Waals surface area (Å²) in [6, 6.07) is 17.4. The Labute approximate surface area is 146 Å². The van der Waals surface area contributed by atoms with Crippen molar-refractivity contribution in [2.24, 2.45) is 0 Å². The molecule has 1 atom stereocenters. The molecule has 0 saturated carbocycles. The topological polar surface area (TPSA) is 54.9 Å². The zero-order valence-electron chi connectivity index (χ0n) is 12.4. The first-order chi connectivity index (χ1) is 11.1. The van der Waals surface area contributed by atoms with Crippen LogP contribution in [-0.4, -0.2) is 15.5 Å². The molecular weight excluding hydrogens is 374 g/mol. The minimum Gasteiger partial charge on any atom is -0.345 e. The molecule has 0 aliphatic heterocycles. The van der Waals surface area contributed by atoms with Gasteiger partial charge in [-0.2, -0.15) is 0 Å². The van der Waals surface area contributed by atoms with Crippen molar-refractivity contribution in [1.82, 2.24) is 14.9 Å². The van der Waals surface area contributed by atoms with Crippen LogP contribution in [0.25, 0.3) is 11.3 Å². The number of hydrogen-bond acceptors (Lipinski definition) is 4. The summed E-state index contributed by atoms with van der Waals surface area (Å²) in [6.45, 7) is 1.96. The molecule has 0 aliphatic carbocycles. The average Bonchev–Trinajstić information content (AvgIpc) is 3.06. The second-order valence-electron chi connectivity index (χ2n) is 5.06. The summed E-state index contributed by atoms with van der Waals surface area (Å²) in [5.41, 5.74) is 2.54. The number of halogens is 1. The summed E-state index contributed by atoms with van der Waals surface area (Å²) in [4.78, 5) is 13.1. The fraction of sp³-hybridized carbons (Fsp3) is 0.118. The van der Waals surface area contributed by atoms with Crippen LogP contribution in [0.2, 0.25) is 0 Å². The lowest BCUT2D eigenvalue weighted by Crippen LogP contribution is -2.26. The van der Waals surface area contributed by atoms with Gasteiger partial charge in [0.25, 0.3) is 5.91 Å². The van der Waals surface area contributed by atoms with E-state index in [4.69, 9.17) is 0 Å². The quantitative estimate of drug-likeness (QED) is 0.718. The Morgan fingerprint density at radius 1 is 1.13 bits per heavy atom. The fourth-order valence-corrected chi connectivity index (χ4v) is 3.08. The maximum absolute atomic E-state index is 12.6. The molecular formula is C17H14BrN3OS. The molecule has 1 aromatic heterocycles. The highest BCUT2D eigenvalue weighted by Crippen LogP contribution is 2.26. The number of carbonyl (C=O) groups excluding carboxylic acids is 1.